The lowest BCUT2D eigenvalue weighted by molar-refractivity contribution is -0.999. The number of likely N-dealkylation sites (N-methyl/N-ethyl adjacent to an activating group) is 1. The third kappa shape index (κ3) is 50.2. The van der Waals surface area contributed by atoms with Crippen molar-refractivity contribution in [2.24, 2.45) is 0 Å². The lowest BCUT2D eigenvalue weighted by atomic mass is 10.1. The molecule has 0 aromatic heterocycles. The Kier molecular flexibility index (Phi) is 61.8. The van der Waals surface area contributed by atoms with Gasteiger partial charge in [0.25, 0.3) is 0 Å². The van der Waals surface area contributed by atoms with E-state index in [4.69, 9.17) is 18.9 Å². The lowest BCUT2D eigenvalue weighted by Crippen LogP contribution is -3.00. The second-order valence-electron chi connectivity index (χ2n) is 23.6. The van der Waals surface area contributed by atoms with E-state index in [1.165, 1.54) is 283 Å². The van der Waals surface area contributed by atoms with E-state index in [1.54, 1.807) is 0 Å². The van der Waals surface area contributed by atoms with Crippen molar-refractivity contribution in [3.8, 4) is 0 Å². The second-order valence-corrected chi connectivity index (χ2v) is 23.6. The smallest absolute Gasteiger partial charge is 0.318 e. The van der Waals surface area contributed by atoms with Crippen molar-refractivity contribution < 1.29 is 45.5 Å². The fourth-order valence-electron chi connectivity index (χ4n) is 11.1. The maximum Gasteiger partial charge on any atom is 0.318 e. The largest absolute Gasteiger partial charge is 1.00 e. The van der Waals surface area contributed by atoms with Crippen molar-refractivity contribution in [2.45, 2.75) is 374 Å². The maximum absolute atomic E-state index is 11.9. The summed E-state index contributed by atoms with van der Waals surface area (Å²) in [6, 6.07) is 0. The fraction of sp³-hybridized carbons (Fsp3) is 1.00. The van der Waals surface area contributed by atoms with E-state index in [2.05, 4.69) is 48.7 Å². The third-order valence-corrected chi connectivity index (χ3v) is 16.0. The zero-order valence-electron chi connectivity index (χ0n) is 51.2. The second kappa shape index (κ2) is 59.9. The van der Waals surface area contributed by atoms with Crippen molar-refractivity contribution >= 4 is 0 Å². The fourth-order valence-corrected chi connectivity index (χ4v) is 11.1. The van der Waals surface area contributed by atoms with Crippen molar-refractivity contribution in [3.05, 3.63) is 0 Å². The quantitative estimate of drug-likeness (QED) is 0.0374. The van der Waals surface area contributed by atoms with Crippen LogP contribution in [0.5, 0.6) is 0 Å². The number of hydrogen-bond donors (Lipinski definition) is 1. The summed E-state index contributed by atoms with van der Waals surface area (Å²) >= 11 is 0. The molecule has 0 aliphatic rings. The van der Waals surface area contributed by atoms with Crippen LogP contribution in [0.15, 0.2) is 0 Å². The summed E-state index contributed by atoms with van der Waals surface area (Å²) in [5, 5.41) is 11.9. The molecule has 0 spiro atoms. The normalized spacial score (nSPS) is 13.0. The highest BCUT2D eigenvalue weighted by atomic mass is 79.9. The Morgan fingerprint density at radius 2 is 0.589 bits per heavy atom. The first-order chi connectivity index (χ1) is 35.3. The van der Waals surface area contributed by atoms with Crippen molar-refractivity contribution in [2.75, 3.05) is 53.7 Å². The molecule has 0 saturated heterocycles. The van der Waals surface area contributed by atoms with Crippen LogP contribution in [0.4, 0.5) is 0 Å². The summed E-state index contributed by atoms with van der Waals surface area (Å²) in [5.41, 5.74) is 0. The van der Waals surface area contributed by atoms with Gasteiger partial charge in [-0.15, -0.1) is 0 Å². The van der Waals surface area contributed by atoms with Gasteiger partial charge in [0.2, 0.25) is 0 Å². The maximum atomic E-state index is 11.9. The SMILES string of the molecule is CCCCCCCCCCCCCCOCC(CC(O)C[N+](C)(C)C(CC)(OCCCCCCCCCCCCCC)OCCCCCCCCCCCCCC)OCCCCCCCCCCCCCC.[Br-]. The Labute approximate surface area is 470 Å². The van der Waals surface area contributed by atoms with Gasteiger partial charge < -0.3 is 41.0 Å². The van der Waals surface area contributed by atoms with Gasteiger partial charge in [-0.2, -0.15) is 0 Å². The molecule has 0 saturated carbocycles. The molecule has 6 nitrogen and oxygen atoms in total. The van der Waals surface area contributed by atoms with E-state index in [9.17, 15) is 5.11 Å². The van der Waals surface area contributed by atoms with Crippen LogP contribution >= 0.6 is 0 Å². The average molecular weight is 1100 g/mol. The van der Waals surface area contributed by atoms with E-state index in [-0.39, 0.29) is 23.1 Å². The summed E-state index contributed by atoms with van der Waals surface area (Å²) in [6.07, 6.45) is 65.0. The molecule has 0 aliphatic carbocycles. The summed E-state index contributed by atoms with van der Waals surface area (Å²) in [5.74, 6) is -0.785. The molecule has 2 atom stereocenters. The molecule has 0 amide bonds. The van der Waals surface area contributed by atoms with Gasteiger partial charge in [0, 0.05) is 19.6 Å². The Hall–Kier alpha value is 0.240. The van der Waals surface area contributed by atoms with E-state index in [0.717, 1.165) is 45.3 Å². The van der Waals surface area contributed by atoms with Crippen molar-refractivity contribution in [3.63, 3.8) is 0 Å². The standard InChI is InChI=1S/C66H136NO5.BrH/c1-8-13-17-21-25-29-33-37-41-45-49-53-57-69-63-65(70-58-54-50-46-42-38-34-30-26-22-18-14-9-2)61-64(68)62-67(6,7)66(12-5,71-59-55-51-47-43-39-35-31-27-23-19-15-10-3)72-60-56-52-48-44-40-36-32-28-24-20-16-11-4;/h64-65,68H,8-63H2,1-7H3;1H/q+1;/p-1. The molecular formula is C66H136BrNO5. The van der Waals surface area contributed by atoms with Crippen LogP contribution in [0.2, 0.25) is 0 Å². The molecule has 7 heteroatoms. The molecule has 0 rings (SSSR count). The zero-order valence-corrected chi connectivity index (χ0v) is 52.7. The van der Waals surface area contributed by atoms with Gasteiger partial charge in [0.15, 0.2) is 0 Å². The Balaban J connectivity index is 0. The molecule has 0 aromatic rings. The van der Waals surface area contributed by atoms with Gasteiger partial charge in [-0.05, 0) is 25.7 Å². The number of unbranched alkanes of at least 4 members (excludes halogenated alkanes) is 44. The molecule has 0 radical (unpaired) electrons. The summed E-state index contributed by atoms with van der Waals surface area (Å²) < 4.78 is 27.3. The van der Waals surface area contributed by atoms with Gasteiger partial charge >= 0.3 is 5.91 Å². The summed E-state index contributed by atoms with van der Waals surface area (Å²) in [7, 11) is 4.45. The lowest BCUT2D eigenvalue weighted by Gasteiger charge is -2.47. The molecule has 0 aromatic carbocycles. The average Bonchev–Trinajstić information content (AvgIpc) is 3.37. The predicted octanol–water partition coefficient (Wildman–Crippen LogP) is 18.1. The van der Waals surface area contributed by atoms with Gasteiger partial charge in [-0.3, -0.25) is 4.48 Å². The molecule has 442 valence electrons. The number of nitrogens with zero attached hydrogens (tertiary/aromatic N) is 1. The van der Waals surface area contributed by atoms with E-state index in [0.29, 0.717) is 37.3 Å². The summed E-state index contributed by atoms with van der Waals surface area (Å²) in [4.78, 5) is 0. The highest BCUT2D eigenvalue weighted by Gasteiger charge is 2.48. The molecule has 73 heavy (non-hydrogen) atoms. The minimum absolute atomic E-state index is 0. The number of quaternary nitrogens is 1. The molecule has 2 unspecified atom stereocenters. The topological polar surface area (TPSA) is 57.2 Å². The highest BCUT2D eigenvalue weighted by Crippen LogP contribution is 2.31. The van der Waals surface area contributed by atoms with E-state index >= 15 is 0 Å². The van der Waals surface area contributed by atoms with Crippen LogP contribution in [0.25, 0.3) is 0 Å². The molecule has 1 N–H and O–H groups in total. The monoisotopic (exact) mass is 1100 g/mol. The van der Waals surface area contributed by atoms with Gasteiger partial charge in [-0.25, -0.2) is 0 Å². The Morgan fingerprint density at radius 1 is 0.342 bits per heavy atom. The number of ether oxygens (including phenoxy) is 4. The number of halogens is 1. The molecular weight excluding hydrogens is 967 g/mol. The first-order valence-corrected chi connectivity index (χ1v) is 33.3. The highest BCUT2D eigenvalue weighted by molar-refractivity contribution is 4.69. The van der Waals surface area contributed by atoms with Crippen molar-refractivity contribution in [1.29, 1.82) is 0 Å². The zero-order chi connectivity index (χ0) is 52.6. The van der Waals surface area contributed by atoms with Crippen LogP contribution in [-0.2, 0) is 18.9 Å². The van der Waals surface area contributed by atoms with Gasteiger partial charge in [0.1, 0.15) is 12.6 Å². The van der Waals surface area contributed by atoms with E-state index in [1.807, 2.05) is 0 Å². The minimum Gasteiger partial charge on any atom is -1.00 e. The molecule has 0 fully saturated rings. The number of rotatable bonds is 63. The first kappa shape index (κ1) is 75.3. The van der Waals surface area contributed by atoms with Crippen LogP contribution in [0, 0.1) is 0 Å². The number of hydrogen-bond acceptors (Lipinski definition) is 5. The molecule has 0 heterocycles. The Bertz CT molecular complexity index is 986. The number of aliphatic hydroxyl groups excluding tert-OH is 1. The predicted molar refractivity (Wildman–Crippen MR) is 317 cm³/mol. The molecule has 0 bridgehead atoms. The minimum atomic E-state index is -0.785. The first-order valence-electron chi connectivity index (χ1n) is 33.3. The number of aliphatic hydroxyl groups is 1. The van der Waals surface area contributed by atoms with Crippen LogP contribution in [0.1, 0.15) is 356 Å². The van der Waals surface area contributed by atoms with Gasteiger partial charge in [0.05, 0.1) is 46.4 Å². The van der Waals surface area contributed by atoms with E-state index < -0.39 is 12.0 Å². The van der Waals surface area contributed by atoms with Crippen LogP contribution in [0.3, 0.4) is 0 Å². The Morgan fingerprint density at radius 3 is 0.863 bits per heavy atom. The van der Waals surface area contributed by atoms with Crippen molar-refractivity contribution in [1.82, 2.24) is 0 Å². The third-order valence-electron chi connectivity index (χ3n) is 16.0. The molecule has 0 aliphatic heterocycles. The summed E-state index contributed by atoms with van der Waals surface area (Å²) in [6.45, 7) is 15.5. The van der Waals surface area contributed by atoms with Crippen LogP contribution < -0.4 is 17.0 Å². The van der Waals surface area contributed by atoms with Gasteiger partial charge in [-0.1, -0.05) is 317 Å². The van der Waals surface area contributed by atoms with Crippen LogP contribution in [-0.4, -0.2) is 81.4 Å².